The molecule has 0 spiro atoms. The molecule has 0 heterocycles. The first kappa shape index (κ1) is 25.8. The number of hydrogen-bond donors (Lipinski definition) is 0. The van der Waals surface area contributed by atoms with Gasteiger partial charge in [-0.1, -0.05) is 94.9 Å². The van der Waals surface area contributed by atoms with Crippen LogP contribution in [0.4, 0.5) is 0 Å². The number of unbranched alkanes of at least 4 members (excludes halogenated alkanes) is 1. The Kier molecular flexibility index (Phi) is 37.9. The predicted molar refractivity (Wildman–Crippen MR) is 86.9 cm³/mol. The molecule has 0 radical (unpaired) electrons. The van der Waals surface area contributed by atoms with Crippen LogP contribution in [0, 0.1) is 5.41 Å². The molecule has 0 saturated heterocycles. The highest BCUT2D eigenvalue weighted by atomic mass is 14.2. The third kappa shape index (κ3) is 21.8. The van der Waals surface area contributed by atoms with Crippen molar-refractivity contribution in [2.24, 2.45) is 5.41 Å². The van der Waals surface area contributed by atoms with E-state index in [2.05, 4.69) is 27.7 Å². The lowest BCUT2D eigenvalue weighted by atomic mass is 9.79. The van der Waals surface area contributed by atoms with Gasteiger partial charge < -0.3 is 0 Å². The zero-order valence-electron chi connectivity index (χ0n) is 14.7. The van der Waals surface area contributed by atoms with Crippen molar-refractivity contribution in [1.82, 2.24) is 0 Å². The van der Waals surface area contributed by atoms with Crippen molar-refractivity contribution < 1.29 is 0 Å². The standard InChI is InChI=1S/C11H24.3C2H6/c1-5-8-10-11(4,7-3)9-6-2;3*1-2/h5-10H2,1-4H3;3*1-2H3. The molecule has 0 aromatic heterocycles. The largest absolute Gasteiger partial charge is 0.0683 e. The van der Waals surface area contributed by atoms with E-state index in [0.717, 1.165) is 0 Å². The first-order valence-corrected chi connectivity index (χ1v) is 8.18. The second-order valence-electron chi connectivity index (χ2n) is 4.02. The van der Waals surface area contributed by atoms with E-state index in [4.69, 9.17) is 0 Å². The van der Waals surface area contributed by atoms with E-state index >= 15 is 0 Å². The summed E-state index contributed by atoms with van der Waals surface area (Å²) in [7, 11) is 0. The molecular formula is C17H42. The van der Waals surface area contributed by atoms with Crippen molar-refractivity contribution in [3.05, 3.63) is 0 Å². The molecule has 0 amide bonds. The fourth-order valence-corrected chi connectivity index (χ4v) is 1.69. The molecule has 0 bridgehead atoms. The second kappa shape index (κ2) is 25.0. The van der Waals surface area contributed by atoms with Crippen LogP contribution in [0.1, 0.15) is 108 Å². The molecule has 0 heteroatoms. The van der Waals surface area contributed by atoms with E-state index in [-0.39, 0.29) is 0 Å². The van der Waals surface area contributed by atoms with Gasteiger partial charge >= 0.3 is 0 Å². The SMILES string of the molecule is CC.CC.CC.CCCCC(C)(CC)CCC. The first-order valence-electron chi connectivity index (χ1n) is 8.18. The highest BCUT2D eigenvalue weighted by molar-refractivity contribution is 4.71. The first-order chi connectivity index (χ1) is 8.18. The summed E-state index contributed by atoms with van der Waals surface area (Å²) in [6.45, 7) is 21.3. The summed E-state index contributed by atoms with van der Waals surface area (Å²) in [5.74, 6) is 0. The van der Waals surface area contributed by atoms with Crippen LogP contribution < -0.4 is 0 Å². The molecule has 1 atom stereocenters. The topological polar surface area (TPSA) is 0 Å². The van der Waals surface area contributed by atoms with Crippen LogP contribution in [0.25, 0.3) is 0 Å². The van der Waals surface area contributed by atoms with Gasteiger partial charge in [0.2, 0.25) is 0 Å². The summed E-state index contributed by atoms with van der Waals surface area (Å²) < 4.78 is 0. The lowest BCUT2D eigenvalue weighted by Gasteiger charge is -2.27. The van der Waals surface area contributed by atoms with Gasteiger partial charge in [-0.2, -0.15) is 0 Å². The van der Waals surface area contributed by atoms with Crippen molar-refractivity contribution in [3.8, 4) is 0 Å². The van der Waals surface area contributed by atoms with Gasteiger partial charge in [-0.3, -0.25) is 0 Å². The molecule has 0 fully saturated rings. The lowest BCUT2D eigenvalue weighted by Crippen LogP contribution is -2.14. The zero-order valence-corrected chi connectivity index (χ0v) is 14.7. The fraction of sp³-hybridized carbons (Fsp3) is 1.00. The van der Waals surface area contributed by atoms with Crippen LogP contribution in [-0.4, -0.2) is 0 Å². The molecule has 0 aromatic rings. The third-order valence-corrected chi connectivity index (χ3v) is 2.84. The average molecular weight is 247 g/mol. The Bertz CT molecular complexity index is 86.0. The average Bonchev–Trinajstić information content (AvgIpc) is 2.43. The van der Waals surface area contributed by atoms with Gasteiger partial charge in [0.25, 0.3) is 0 Å². The van der Waals surface area contributed by atoms with Gasteiger partial charge in [0.05, 0.1) is 0 Å². The molecule has 0 aliphatic carbocycles. The van der Waals surface area contributed by atoms with Crippen LogP contribution >= 0.6 is 0 Å². The minimum atomic E-state index is 0.644. The van der Waals surface area contributed by atoms with E-state index < -0.39 is 0 Å². The van der Waals surface area contributed by atoms with Crippen molar-refractivity contribution >= 4 is 0 Å². The van der Waals surface area contributed by atoms with Gasteiger partial charge in [0.1, 0.15) is 0 Å². The maximum Gasteiger partial charge on any atom is -0.0329 e. The van der Waals surface area contributed by atoms with Crippen LogP contribution in [-0.2, 0) is 0 Å². The molecule has 0 aliphatic rings. The summed E-state index contributed by atoms with van der Waals surface area (Å²) in [5, 5.41) is 0. The van der Waals surface area contributed by atoms with Crippen LogP contribution in [0.5, 0.6) is 0 Å². The Balaban J connectivity index is -0.000000121. The summed E-state index contributed by atoms with van der Waals surface area (Å²) >= 11 is 0. The number of rotatable bonds is 6. The highest BCUT2D eigenvalue weighted by Crippen LogP contribution is 2.32. The molecular weight excluding hydrogens is 204 g/mol. The molecule has 0 aromatic carbocycles. The van der Waals surface area contributed by atoms with E-state index in [0.29, 0.717) is 5.41 Å². The maximum absolute atomic E-state index is 2.44. The van der Waals surface area contributed by atoms with Gasteiger partial charge in [-0.05, 0) is 18.3 Å². The van der Waals surface area contributed by atoms with Gasteiger partial charge in [-0.25, -0.2) is 0 Å². The smallest absolute Gasteiger partial charge is 0.0329 e. The van der Waals surface area contributed by atoms with Crippen LogP contribution in [0.2, 0.25) is 0 Å². The maximum atomic E-state index is 2.44. The van der Waals surface area contributed by atoms with Gasteiger partial charge in [0, 0.05) is 0 Å². The van der Waals surface area contributed by atoms with E-state index in [9.17, 15) is 0 Å². The van der Waals surface area contributed by atoms with Crippen molar-refractivity contribution in [2.75, 3.05) is 0 Å². The molecule has 0 nitrogen and oxygen atoms in total. The molecule has 1 unspecified atom stereocenters. The summed E-state index contributed by atoms with van der Waals surface area (Å²) in [5.41, 5.74) is 0.644. The van der Waals surface area contributed by atoms with Gasteiger partial charge in [0.15, 0.2) is 0 Å². The van der Waals surface area contributed by atoms with E-state index in [1.165, 1.54) is 38.5 Å². The molecule has 0 N–H and O–H groups in total. The van der Waals surface area contributed by atoms with E-state index in [1.807, 2.05) is 41.5 Å². The Morgan fingerprint density at radius 3 is 1.29 bits per heavy atom. The normalized spacial score (nSPS) is 11.6. The summed E-state index contributed by atoms with van der Waals surface area (Å²) in [6.07, 6.45) is 8.27. The minimum absolute atomic E-state index is 0.644. The molecule has 0 saturated carbocycles. The van der Waals surface area contributed by atoms with Crippen LogP contribution in [0.15, 0.2) is 0 Å². The van der Waals surface area contributed by atoms with Gasteiger partial charge in [-0.15, -0.1) is 0 Å². The molecule has 110 valence electrons. The predicted octanol–water partition coefficient (Wildman–Crippen LogP) is 7.47. The quantitative estimate of drug-likeness (QED) is 0.456. The highest BCUT2D eigenvalue weighted by Gasteiger charge is 2.19. The fourth-order valence-electron chi connectivity index (χ4n) is 1.69. The Morgan fingerprint density at radius 1 is 0.647 bits per heavy atom. The second-order valence-corrected chi connectivity index (χ2v) is 4.02. The van der Waals surface area contributed by atoms with Crippen molar-refractivity contribution in [1.29, 1.82) is 0 Å². The third-order valence-electron chi connectivity index (χ3n) is 2.84. The minimum Gasteiger partial charge on any atom is -0.0683 e. The lowest BCUT2D eigenvalue weighted by molar-refractivity contribution is 0.250. The summed E-state index contributed by atoms with van der Waals surface area (Å²) in [4.78, 5) is 0. The summed E-state index contributed by atoms with van der Waals surface area (Å²) in [6, 6.07) is 0. The molecule has 17 heavy (non-hydrogen) atoms. The molecule has 0 aliphatic heterocycles. The molecule has 0 rings (SSSR count). The Hall–Kier alpha value is 0. The Morgan fingerprint density at radius 2 is 1.06 bits per heavy atom. The monoisotopic (exact) mass is 246 g/mol. The Labute approximate surface area is 114 Å². The zero-order chi connectivity index (χ0) is 14.7. The number of hydrogen-bond acceptors (Lipinski definition) is 0. The van der Waals surface area contributed by atoms with Crippen molar-refractivity contribution in [3.63, 3.8) is 0 Å². The van der Waals surface area contributed by atoms with E-state index in [1.54, 1.807) is 0 Å². The van der Waals surface area contributed by atoms with Crippen LogP contribution in [0.3, 0.4) is 0 Å². The van der Waals surface area contributed by atoms with Crippen molar-refractivity contribution in [2.45, 2.75) is 108 Å².